The van der Waals surface area contributed by atoms with E-state index in [2.05, 4.69) is 15.1 Å². The fourth-order valence-electron chi connectivity index (χ4n) is 4.17. The molecule has 0 saturated heterocycles. The van der Waals surface area contributed by atoms with Crippen LogP contribution in [0.25, 0.3) is 39.9 Å². The zero-order chi connectivity index (χ0) is 29.3. The van der Waals surface area contributed by atoms with Crippen LogP contribution in [0.1, 0.15) is 5.69 Å². The molecule has 41 heavy (non-hydrogen) atoms. The first-order chi connectivity index (χ1) is 19.7. The summed E-state index contributed by atoms with van der Waals surface area (Å²) in [6, 6.07) is 13.8. The first kappa shape index (κ1) is 27.8. The summed E-state index contributed by atoms with van der Waals surface area (Å²) in [6.45, 7) is 0. The molecule has 9 nitrogen and oxygen atoms in total. The molecule has 0 aliphatic carbocycles. The van der Waals surface area contributed by atoms with E-state index in [1.165, 1.54) is 40.8 Å². The van der Waals surface area contributed by atoms with E-state index in [1.54, 1.807) is 42.5 Å². The molecule has 2 aromatic carbocycles. The molecule has 0 saturated carbocycles. The summed E-state index contributed by atoms with van der Waals surface area (Å²) in [6.07, 6.45) is -3.45. The van der Waals surface area contributed by atoms with Crippen LogP contribution in [0.5, 0.6) is 23.0 Å². The maximum absolute atomic E-state index is 14.0. The number of alkyl halides is 3. The van der Waals surface area contributed by atoms with E-state index in [0.717, 1.165) is 10.7 Å². The van der Waals surface area contributed by atoms with E-state index in [9.17, 15) is 13.2 Å². The van der Waals surface area contributed by atoms with E-state index in [0.29, 0.717) is 34.1 Å². The number of hydrogen-bond acceptors (Lipinski definition) is 8. The Kier molecular flexibility index (Phi) is 7.50. The number of furan rings is 1. The van der Waals surface area contributed by atoms with Crippen LogP contribution in [-0.4, -0.2) is 48.2 Å². The molecule has 5 aromatic rings. The molecule has 212 valence electrons. The molecule has 5 rings (SSSR count). The average Bonchev–Trinajstić information content (AvgIpc) is 3.64. The van der Waals surface area contributed by atoms with Crippen molar-refractivity contribution in [2.24, 2.45) is 0 Å². The number of ether oxygens (including phenoxy) is 4. The zero-order valence-corrected chi connectivity index (χ0v) is 22.9. The van der Waals surface area contributed by atoms with Crippen LogP contribution in [0, 0.1) is 0 Å². The summed E-state index contributed by atoms with van der Waals surface area (Å²) in [5.41, 5.74) is 0.121. The van der Waals surface area contributed by atoms with Crippen molar-refractivity contribution in [3.05, 3.63) is 71.6 Å². The van der Waals surface area contributed by atoms with Gasteiger partial charge in [0.15, 0.2) is 34.5 Å². The lowest BCUT2D eigenvalue weighted by Crippen LogP contribution is -2.14. The highest BCUT2D eigenvalue weighted by Gasteiger charge is 2.35. The third-order valence-electron chi connectivity index (χ3n) is 6.11. The normalized spacial score (nSPS) is 11.4. The summed E-state index contributed by atoms with van der Waals surface area (Å²) < 4.78 is 69.9. The second-order valence-corrected chi connectivity index (χ2v) is 8.85. The highest BCUT2D eigenvalue weighted by atomic mass is 35.5. The quantitative estimate of drug-likeness (QED) is 0.193. The molecule has 0 amide bonds. The summed E-state index contributed by atoms with van der Waals surface area (Å²) in [4.78, 5) is 8.19. The van der Waals surface area contributed by atoms with Gasteiger partial charge in [-0.2, -0.15) is 23.0 Å². The van der Waals surface area contributed by atoms with Gasteiger partial charge in [-0.05, 0) is 54.6 Å². The molecule has 0 spiro atoms. The highest BCUT2D eigenvalue weighted by Crippen LogP contribution is 2.42. The standard InChI is InChI=1S/C28H22ClF3N4O5/c1-37-19-9-7-15(12-21(19)39-3)25-24(29)26(16-8-10-20(38-2)22(13-16)40-4)36(35-25)27-33-17(18-6-5-11-41-18)14-23(34-27)28(30,31)32/h5-14H,1-4H3. The van der Waals surface area contributed by atoms with Gasteiger partial charge in [0.2, 0.25) is 0 Å². The molecule has 3 aromatic heterocycles. The van der Waals surface area contributed by atoms with Crippen molar-refractivity contribution >= 4 is 11.6 Å². The lowest BCUT2D eigenvalue weighted by Gasteiger charge is -2.13. The Labute approximate surface area is 237 Å². The lowest BCUT2D eigenvalue weighted by molar-refractivity contribution is -0.141. The minimum atomic E-state index is -4.79. The van der Waals surface area contributed by atoms with Crippen LogP contribution < -0.4 is 18.9 Å². The largest absolute Gasteiger partial charge is 0.493 e. The maximum atomic E-state index is 14.0. The molecular formula is C28H22ClF3N4O5. The summed E-state index contributed by atoms with van der Waals surface area (Å²) in [5, 5.41) is 4.71. The number of halogens is 4. The molecule has 0 N–H and O–H groups in total. The second-order valence-electron chi connectivity index (χ2n) is 8.48. The van der Waals surface area contributed by atoms with Crippen molar-refractivity contribution in [1.82, 2.24) is 19.7 Å². The van der Waals surface area contributed by atoms with Crippen LogP contribution in [0.15, 0.2) is 65.3 Å². The Morgan fingerprint density at radius 3 is 1.95 bits per heavy atom. The molecule has 0 bridgehead atoms. The summed E-state index contributed by atoms with van der Waals surface area (Å²) in [7, 11) is 5.91. The summed E-state index contributed by atoms with van der Waals surface area (Å²) >= 11 is 6.93. The Bertz CT molecular complexity index is 1700. The molecule has 0 fully saturated rings. The van der Waals surface area contributed by atoms with Gasteiger partial charge in [0.1, 0.15) is 11.4 Å². The fourth-order valence-corrected chi connectivity index (χ4v) is 4.51. The van der Waals surface area contributed by atoms with Crippen LogP contribution in [0.2, 0.25) is 5.02 Å². The highest BCUT2D eigenvalue weighted by molar-refractivity contribution is 6.35. The van der Waals surface area contributed by atoms with Gasteiger partial charge in [0.25, 0.3) is 5.95 Å². The van der Waals surface area contributed by atoms with Crippen LogP contribution >= 0.6 is 11.6 Å². The van der Waals surface area contributed by atoms with E-state index in [1.807, 2.05) is 0 Å². The van der Waals surface area contributed by atoms with Gasteiger partial charge in [-0.15, -0.1) is 0 Å². The topological polar surface area (TPSA) is 93.7 Å². The Morgan fingerprint density at radius 1 is 0.780 bits per heavy atom. The smallest absolute Gasteiger partial charge is 0.433 e. The van der Waals surface area contributed by atoms with Crippen LogP contribution in [0.3, 0.4) is 0 Å². The van der Waals surface area contributed by atoms with Crippen molar-refractivity contribution < 1.29 is 36.5 Å². The van der Waals surface area contributed by atoms with Gasteiger partial charge in [0.05, 0.1) is 45.4 Å². The number of methoxy groups -OCH3 is 4. The predicted octanol–water partition coefficient (Wildman–Crippen LogP) is 6.96. The first-order valence-corrected chi connectivity index (χ1v) is 12.3. The van der Waals surface area contributed by atoms with Crippen molar-refractivity contribution in [2.75, 3.05) is 28.4 Å². The monoisotopic (exact) mass is 586 g/mol. The van der Waals surface area contributed by atoms with Gasteiger partial charge in [0, 0.05) is 11.1 Å². The van der Waals surface area contributed by atoms with E-state index >= 15 is 0 Å². The minimum absolute atomic E-state index is 0.0927. The van der Waals surface area contributed by atoms with Gasteiger partial charge < -0.3 is 23.4 Å². The Balaban J connectivity index is 1.81. The molecule has 0 aliphatic heterocycles. The molecule has 0 aliphatic rings. The van der Waals surface area contributed by atoms with Gasteiger partial charge in [-0.3, -0.25) is 0 Å². The van der Waals surface area contributed by atoms with Crippen molar-refractivity contribution in [3.63, 3.8) is 0 Å². The molecular weight excluding hydrogens is 565 g/mol. The lowest BCUT2D eigenvalue weighted by atomic mass is 10.1. The van der Waals surface area contributed by atoms with Crippen molar-refractivity contribution in [3.8, 4) is 62.9 Å². The predicted molar refractivity (Wildman–Crippen MR) is 144 cm³/mol. The second kappa shape index (κ2) is 11.0. The fraction of sp³-hybridized carbons (Fsp3) is 0.179. The van der Waals surface area contributed by atoms with E-state index < -0.39 is 11.9 Å². The van der Waals surface area contributed by atoms with Crippen LogP contribution in [0.4, 0.5) is 13.2 Å². The maximum Gasteiger partial charge on any atom is 0.433 e. The third kappa shape index (κ3) is 5.25. The first-order valence-electron chi connectivity index (χ1n) is 11.9. The third-order valence-corrected chi connectivity index (χ3v) is 6.47. The molecule has 3 heterocycles. The minimum Gasteiger partial charge on any atom is -0.493 e. The van der Waals surface area contributed by atoms with E-state index in [4.69, 9.17) is 35.0 Å². The number of rotatable bonds is 8. The average molecular weight is 587 g/mol. The molecule has 0 unspecified atom stereocenters. The SMILES string of the molecule is COc1ccc(-c2nn(-c3nc(-c4ccco4)cc(C(F)(F)F)n3)c(-c3ccc(OC)c(OC)c3)c2Cl)cc1OC. The Morgan fingerprint density at radius 2 is 1.39 bits per heavy atom. The van der Waals surface area contributed by atoms with Gasteiger partial charge in [-0.1, -0.05) is 11.6 Å². The number of aromatic nitrogens is 4. The van der Waals surface area contributed by atoms with Gasteiger partial charge >= 0.3 is 6.18 Å². The number of benzene rings is 2. The number of nitrogens with zero attached hydrogens (tertiary/aromatic N) is 4. The molecule has 13 heteroatoms. The number of hydrogen-bond donors (Lipinski definition) is 0. The van der Waals surface area contributed by atoms with E-state index in [-0.39, 0.29) is 33.8 Å². The molecule has 0 atom stereocenters. The Hall–Kier alpha value is -4.71. The van der Waals surface area contributed by atoms with Gasteiger partial charge in [-0.25, -0.2) is 9.97 Å². The molecule has 0 radical (unpaired) electrons. The van der Waals surface area contributed by atoms with Crippen molar-refractivity contribution in [2.45, 2.75) is 6.18 Å². The van der Waals surface area contributed by atoms with Crippen molar-refractivity contribution in [1.29, 1.82) is 0 Å². The van der Waals surface area contributed by atoms with Crippen LogP contribution in [-0.2, 0) is 6.18 Å². The zero-order valence-electron chi connectivity index (χ0n) is 22.1. The summed E-state index contributed by atoms with van der Waals surface area (Å²) in [5.74, 6) is 1.40.